The standard InChI is InChI=1S/C11H18F2O2/c1-3-8(2)10(9(14)15)4-6-11(12,13)7-5-10/h8H,3-7H2,1-2H3,(H,14,15). The Kier molecular flexibility index (Phi) is 3.36. The van der Waals surface area contributed by atoms with E-state index in [2.05, 4.69) is 0 Å². The van der Waals surface area contributed by atoms with Crippen molar-refractivity contribution < 1.29 is 18.7 Å². The molecule has 0 spiro atoms. The first-order valence-corrected chi connectivity index (χ1v) is 5.45. The summed E-state index contributed by atoms with van der Waals surface area (Å²) in [6.45, 7) is 3.75. The molecule has 0 aromatic heterocycles. The lowest BCUT2D eigenvalue weighted by Crippen LogP contribution is -2.43. The van der Waals surface area contributed by atoms with Gasteiger partial charge in [-0.2, -0.15) is 0 Å². The summed E-state index contributed by atoms with van der Waals surface area (Å²) >= 11 is 0. The molecule has 1 aliphatic rings. The Hall–Kier alpha value is -0.670. The zero-order valence-electron chi connectivity index (χ0n) is 9.22. The van der Waals surface area contributed by atoms with Crippen molar-refractivity contribution in [3.8, 4) is 0 Å². The summed E-state index contributed by atoms with van der Waals surface area (Å²) in [6, 6.07) is 0. The number of halogens is 2. The Bertz CT molecular complexity index is 241. The normalized spacial score (nSPS) is 25.9. The molecule has 0 aromatic carbocycles. The van der Waals surface area contributed by atoms with Crippen LogP contribution in [0.25, 0.3) is 0 Å². The Morgan fingerprint density at radius 2 is 1.80 bits per heavy atom. The minimum atomic E-state index is -2.66. The van der Waals surface area contributed by atoms with E-state index in [0.717, 1.165) is 6.42 Å². The van der Waals surface area contributed by atoms with E-state index in [9.17, 15) is 18.7 Å². The number of carboxylic acids is 1. The van der Waals surface area contributed by atoms with Crippen LogP contribution in [0.4, 0.5) is 8.78 Å². The largest absolute Gasteiger partial charge is 0.481 e. The first kappa shape index (κ1) is 12.4. The van der Waals surface area contributed by atoms with Crippen LogP contribution >= 0.6 is 0 Å². The van der Waals surface area contributed by atoms with E-state index in [-0.39, 0.29) is 31.6 Å². The van der Waals surface area contributed by atoms with Gasteiger partial charge in [0.1, 0.15) is 0 Å². The van der Waals surface area contributed by atoms with E-state index in [1.165, 1.54) is 0 Å². The molecule has 1 aliphatic carbocycles. The lowest BCUT2D eigenvalue weighted by Gasteiger charge is -2.40. The molecule has 0 saturated heterocycles. The summed E-state index contributed by atoms with van der Waals surface area (Å²) in [5, 5.41) is 9.22. The second kappa shape index (κ2) is 4.06. The molecule has 0 radical (unpaired) electrons. The van der Waals surface area contributed by atoms with Crippen LogP contribution in [0.3, 0.4) is 0 Å². The Morgan fingerprint density at radius 1 is 1.33 bits per heavy atom. The number of hydrogen-bond acceptors (Lipinski definition) is 1. The van der Waals surface area contributed by atoms with Crippen molar-refractivity contribution in [2.24, 2.45) is 11.3 Å². The Labute approximate surface area is 88.7 Å². The van der Waals surface area contributed by atoms with Gasteiger partial charge < -0.3 is 5.11 Å². The highest BCUT2D eigenvalue weighted by atomic mass is 19.3. The number of alkyl halides is 2. The number of carbonyl (C=O) groups is 1. The van der Waals surface area contributed by atoms with Crippen molar-refractivity contribution in [2.75, 3.05) is 0 Å². The second-order valence-corrected chi connectivity index (χ2v) is 4.63. The third-order valence-corrected chi connectivity index (χ3v) is 3.86. The molecular weight excluding hydrogens is 202 g/mol. The van der Waals surface area contributed by atoms with Crippen molar-refractivity contribution in [1.29, 1.82) is 0 Å². The van der Waals surface area contributed by atoms with Crippen LogP contribution in [0.5, 0.6) is 0 Å². The average molecular weight is 220 g/mol. The first-order valence-electron chi connectivity index (χ1n) is 5.45. The summed E-state index contributed by atoms with van der Waals surface area (Å²) in [7, 11) is 0. The lowest BCUT2D eigenvalue weighted by molar-refractivity contribution is -0.162. The minimum absolute atomic E-state index is 0.0360. The molecule has 88 valence electrons. The molecule has 15 heavy (non-hydrogen) atoms. The van der Waals surface area contributed by atoms with Crippen LogP contribution < -0.4 is 0 Å². The van der Waals surface area contributed by atoms with Crippen LogP contribution in [0.2, 0.25) is 0 Å². The average Bonchev–Trinajstić information content (AvgIpc) is 2.17. The Morgan fingerprint density at radius 3 is 2.13 bits per heavy atom. The molecule has 0 bridgehead atoms. The first-order chi connectivity index (χ1) is 6.84. The number of rotatable bonds is 3. The van der Waals surface area contributed by atoms with E-state index >= 15 is 0 Å². The Balaban J connectivity index is 2.83. The predicted octanol–water partition coefficient (Wildman–Crippen LogP) is 3.31. The van der Waals surface area contributed by atoms with Gasteiger partial charge in [-0.15, -0.1) is 0 Å². The predicted molar refractivity (Wildman–Crippen MR) is 52.9 cm³/mol. The van der Waals surface area contributed by atoms with Gasteiger partial charge in [0.2, 0.25) is 5.92 Å². The summed E-state index contributed by atoms with van der Waals surface area (Å²) < 4.78 is 26.0. The van der Waals surface area contributed by atoms with Crippen LogP contribution in [0.15, 0.2) is 0 Å². The molecule has 1 atom stereocenters. The van der Waals surface area contributed by atoms with Gasteiger partial charge in [-0.3, -0.25) is 4.79 Å². The van der Waals surface area contributed by atoms with Crippen LogP contribution in [-0.2, 0) is 4.79 Å². The number of hydrogen-bond donors (Lipinski definition) is 1. The fraction of sp³-hybridized carbons (Fsp3) is 0.909. The zero-order valence-corrected chi connectivity index (χ0v) is 9.22. The molecule has 1 fully saturated rings. The summed E-state index contributed by atoms with van der Waals surface area (Å²) in [5.74, 6) is -3.61. The highest BCUT2D eigenvalue weighted by Gasteiger charge is 2.50. The molecule has 0 aliphatic heterocycles. The third kappa shape index (κ3) is 2.29. The topological polar surface area (TPSA) is 37.3 Å². The second-order valence-electron chi connectivity index (χ2n) is 4.63. The van der Waals surface area contributed by atoms with E-state index in [0.29, 0.717) is 0 Å². The molecular formula is C11H18F2O2. The van der Waals surface area contributed by atoms with Gasteiger partial charge in [-0.1, -0.05) is 20.3 Å². The molecule has 4 heteroatoms. The molecule has 1 rings (SSSR count). The quantitative estimate of drug-likeness (QED) is 0.792. The zero-order chi connectivity index (χ0) is 11.7. The SMILES string of the molecule is CCC(C)C1(C(=O)O)CCC(F)(F)CC1. The van der Waals surface area contributed by atoms with Gasteiger partial charge in [-0.05, 0) is 18.8 Å². The van der Waals surface area contributed by atoms with Gasteiger partial charge in [0.25, 0.3) is 0 Å². The fourth-order valence-corrected chi connectivity index (χ4v) is 2.37. The molecule has 2 nitrogen and oxygen atoms in total. The monoisotopic (exact) mass is 220 g/mol. The van der Waals surface area contributed by atoms with E-state index in [1.807, 2.05) is 13.8 Å². The van der Waals surface area contributed by atoms with E-state index < -0.39 is 17.3 Å². The minimum Gasteiger partial charge on any atom is -0.481 e. The maximum Gasteiger partial charge on any atom is 0.309 e. The van der Waals surface area contributed by atoms with Crippen LogP contribution in [0, 0.1) is 11.3 Å². The summed E-state index contributed by atoms with van der Waals surface area (Å²) in [4.78, 5) is 11.2. The van der Waals surface area contributed by atoms with Gasteiger partial charge in [0, 0.05) is 12.8 Å². The lowest BCUT2D eigenvalue weighted by atomic mass is 9.65. The molecule has 1 N–H and O–H groups in total. The van der Waals surface area contributed by atoms with Gasteiger partial charge >= 0.3 is 5.97 Å². The maximum atomic E-state index is 13.0. The van der Waals surface area contributed by atoms with Crippen molar-refractivity contribution in [2.45, 2.75) is 51.9 Å². The third-order valence-electron chi connectivity index (χ3n) is 3.86. The number of carboxylic acid groups (broad SMARTS) is 1. The van der Waals surface area contributed by atoms with E-state index in [4.69, 9.17) is 0 Å². The highest BCUT2D eigenvalue weighted by Crippen LogP contribution is 2.48. The summed E-state index contributed by atoms with van der Waals surface area (Å²) in [6.07, 6.45) is 0.347. The van der Waals surface area contributed by atoms with Crippen molar-refractivity contribution in [1.82, 2.24) is 0 Å². The number of aliphatic carboxylic acids is 1. The van der Waals surface area contributed by atoms with Gasteiger partial charge in [0.05, 0.1) is 5.41 Å². The van der Waals surface area contributed by atoms with Gasteiger partial charge in [-0.25, -0.2) is 8.78 Å². The van der Waals surface area contributed by atoms with Crippen LogP contribution in [0.1, 0.15) is 46.0 Å². The molecule has 0 aromatic rings. The summed E-state index contributed by atoms with van der Waals surface area (Å²) in [5.41, 5.74) is -0.920. The van der Waals surface area contributed by atoms with E-state index in [1.54, 1.807) is 0 Å². The van der Waals surface area contributed by atoms with Crippen LogP contribution in [-0.4, -0.2) is 17.0 Å². The molecule has 1 unspecified atom stereocenters. The molecule has 1 saturated carbocycles. The maximum absolute atomic E-state index is 13.0. The van der Waals surface area contributed by atoms with Crippen molar-refractivity contribution in [3.63, 3.8) is 0 Å². The van der Waals surface area contributed by atoms with Crippen molar-refractivity contribution >= 4 is 5.97 Å². The molecule has 0 heterocycles. The highest BCUT2D eigenvalue weighted by molar-refractivity contribution is 5.75. The van der Waals surface area contributed by atoms with Gasteiger partial charge in [0.15, 0.2) is 0 Å². The molecule has 0 amide bonds. The smallest absolute Gasteiger partial charge is 0.309 e. The fourth-order valence-electron chi connectivity index (χ4n) is 2.37. The van der Waals surface area contributed by atoms with Crippen molar-refractivity contribution in [3.05, 3.63) is 0 Å².